The van der Waals surface area contributed by atoms with Crippen LogP contribution in [0, 0.1) is 5.92 Å². The minimum atomic E-state index is 0.633. The third-order valence-electron chi connectivity index (χ3n) is 3.38. The molecule has 1 N–H and O–H groups in total. The van der Waals surface area contributed by atoms with Gasteiger partial charge in [0.25, 0.3) is 0 Å². The number of hydrogen-bond acceptors (Lipinski definition) is 3. The second kappa shape index (κ2) is 6.76. The molecular weight excluding hydrogens is 226 g/mol. The number of nitrogens with one attached hydrogen (secondary N) is 1. The summed E-state index contributed by atoms with van der Waals surface area (Å²) in [6.07, 6.45) is 2.77. The molecule has 1 unspecified atom stereocenters. The lowest BCUT2D eigenvalue weighted by Crippen LogP contribution is -2.31. The Morgan fingerprint density at radius 2 is 2.22 bits per heavy atom. The van der Waals surface area contributed by atoms with Gasteiger partial charge in [-0.3, -0.25) is 0 Å². The number of rotatable bonds is 8. The van der Waals surface area contributed by atoms with Gasteiger partial charge in [-0.15, -0.1) is 0 Å². The van der Waals surface area contributed by atoms with Crippen molar-refractivity contribution in [2.75, 3.05) is 20.3 Å². The highest BCUT2D eigenvalue weighted by molar-refractivity contribution is 5.28. The van der Waals surface area contributed by atoms with Gasteiger partial charge in [-0.05, 0) is 43.4 Å². The Balaban J connectivity index is 1.67. The molecule has 0 heterocycles. The summed E-state index contributed by atoms with van der Waals surface area (Å²) in [6, 6.07) is 8.71. The van der Waals surface area contributed by atoms with E-state index in [1.807, 2.05) is 24.3 Å². The molecule has 1 fully saturated rings. The molecule has 2 rings (SSSR count). The van der Waals surface area contributed by atoms with E-state index in [1.54, 1.807) is 7.11 Å². The Morgan fingerprint density at radius 1 is 1.39 bits per heavy atom. The van der Waals surface area contributed by atoms with Crippen LogP contribution in [0.5, 0.6) is 5.75 Å². The van der Waals surface area contributed by atoms with Crippen molar-refractivity contribution < 1.29 is 9.47 Å². The topological polar surface area (TPSA) is 30.5 Å². The summed E-state index contributed by atoms with van der Waals surface area (Å²) in [7, 11) is 1.71. The fraction of sp³-hybridized carbons (Fsp3) is 0.600. The normalized spacial score (nSPS) is 16.6. The Kier molecular flexibility index (Phi) is 5.02. The smallest absolute Gasteiger partial charge is 0.119 e. The first kappa shape index (κ1) is 13.4. The van der Waals surface area contributed by atoms with E-state index in [-0.39, 0.29) is 0 Å². The van der Waals surface area contributed by atoms with Crippen molar-refractivity contribution in [3.05, 3.63) is 29.8 Å². The third kappa shape index (κ3) is 4.31. The largest absolute Gasteiger partial charge is 0.492 e. The van der Waals surface area contributed by atoms with Crippen LogP contribution in [0.4, 0.5) is 0 Å². The van der Waals surface area contributed by atoms with Gasteiger partial charge in [-0.25, -0.2) is 0 Å². The molecule has 1 aliphatic carbocycles. The maximum atomic E-state index is 5.73. The summed E-state index contributed by atoms with van der Waals surface area (Å²) < 4.78 is 10.8. The fourth-order valence-electron chi connectivity index (χ4n) is 2.11. The Bertz CT molecular complexity index is 363. The summed E-state index contributed by atoms with van der Waals surface area (Å²) in [5, 5.41) is 3.50. The van der Waals surface area contributed by atoms with Crippen molar-refractivity contribution in [1.82, 2.24) is 5.32 Å². The molecule has 0 saturated heterocycles. The lowest BCUT2D eigenvalue weighted by atomic mass is 10.2. The molecule has 1 aromatic rings. The maximum absolute atomic E-state index is 5.73. The molecule has 3 heteroatoms. The van der Waals surface area contributed by atoms with Crippen LogP contribution in [0.2, 0.25) is 0 Å². The average Bonchev–Trinajstić information content (AvgIpc) is 3.19. The summed E-state index contributed by atoms with van der Waals surface area (Å²) in [5.41, 5.74) is 1.15. The zero-order valence-corrected chi connectivity index (χ0v) is 11.3. The van der Waals surface area contributed by atoms with Gasteiger partial charge in [0.05, 0.1) is 6.61 Å². The average molecular weight is 249 g/mol. The molecule has 1 aliphatic rings. The van der Waals surface area contributed by atoms with E-state index in [4.69, 9.17) is 9.47 Å². The predicted octanol–water partition coefficient (Wildman–Crippen LogP) is 2.60. The first-order valence-corrected chi connectivity index (χ1v) is 6.73. The first-order valence-electron chi connectivity index (χ1n) is 6.73. The van der Waals surface area contributed by atoms with Crippen LogP contribution in [0.25, 0.3) is 0 Å². The quantitative estimate of drug-likeness (QED) is 0.718. The molecule has 1 aromatic carbocycles. The number of benzene rings is 1. The molecule has 0 aliphatic heterocycles. The van der Waals surface area contributed by atoms with E-state index in [0.29, 0.717) is 19.3 Å². The second-order valence-electron chi connectivity index (χ2n) is 5.01. The van der Waals surface area contributed by atoms with E-state index < -0.39 is 0 Å². The van der Waals surface area contributed by atoms with Gasteiger partial charge < -0.3 is 14.8 Å². The molecule has 0 spiro atoms. The molecule has 0 aromatic heterocycles. The predicted molar refractivity (Wildman–Crippen MR) is 72.8 cm³/mol. The molecule has 100 valence electrons. The molecule has 1 atom stereocenters. The number of hydrogen-bond donors (Lipinski definition) is 1. The second-order valence-corrected chi connectivity index (χ2v) is 5.01. The highest BCUT2D eigenvalue weighted by Crippen LogP contribution is 2.32. The zero-order chi connectivity index (χ0) is 12.8. The van der Waals surface area contributed by atoms with E-state index in [9.17, 15) is 0 Å². The molecule has 0 bridgehead atoms. The summed E-state index contributed by atoms with van der Waals surface area (Å²) in [4.78, 5) is 0. The van der Waals surface area contributed by atoms with Gasteiger partial charge in [-0.2, -0.15) is 0 Å². The summed E-state index contributed by atoms with van der Waals surface area (Å²) in [5.74, 6) is 1.82. The lowest BCUT2D eigenvalue weighted by molar-refractivity contribution is 0.184. The molecule has 0 radical (unpaired) electrons. The van der Waals surface area contributed by atoms with E-state index in [1.165, 1.54) is 12.8 Å². The fourth-order valence-corrected chi connectivity index (χ4v) is 2.11. The first-order chi connectivity index (χ1) is 8.79. The van der Waals surface area contributed by atoms with Crippen LogP contribution < -0.4 is 10.1 Å². The minimum Gasteiger partial charge on any atom is -0.492 e. The minimum absolute atomic E-state index is 0.633. The van der Waals surface area contributed by atoms with Crippen molar-refractivity contribution in [2.45, 2.75) is 32.4 Å². The Morgan fingerprint density at radius 3 is 2.94 bits per heavy atom. The van der Waals surface area contributed by atoms with Crippen molar-refractivity contribution >= 4 is 0 Å². The third-order valence-corrected chi connectivity index (χ3v) is 3.38. The highest BCUT2D eigenvalue weighted by atomic mass is 16.5. The lowest BCUT2D eigenvalue weighted by Gasteiger charge is -2.13. The van der Waals surface area contributed by atoms with Crippen molar-refractivity contribution in [3.63, 3.8) is 0 Å². The Labute approximate surface area is 109 Å². The highest BCUT2D eigenvalue weighted by Gasteiger charge is 2.27. The maximum Gasteiger partial charge on any atom is 0.119 e. The van der Waals surface area contributed by atoms with Crippen LogP contribution >= 0.6 is 0 Å². The van der Waals surface area contributed by atoms with Crippen LogP contribution in [0.15, 0.2) is 24.3 Å². The molecule has 0 amide bonds. The monoisotopic (exact) mass is 249 g/mol. The van der Waals surface area contributed by atoms with Gasteiger partial charge in [0, 0.05) is 19.7 Å². The SMILES string of the molecule is COCc1cccc(OCCNC(C)C2CC2)c1. The van der Waals surface area contributed by atoms with E-state index >= 15 is 0 Å². The van der Waals surface area contributed by atoms with Crippen molar-refractivity contribution in [3.8, 4) is 5.75 Å². The van der Waals surface area contributed by atoms with Gasteiger partial charge in [0.15, 0.2) is 0 Å². The zero-order valence-electron chi connectivity index (χ0n) is 11.3. The summed E-state index contributed by atoms with van der Waals surface area (Å²) >= 11 is 0. The molecule has 18 heavy (non-hydrogen) atoms. The van der Waals surface area contributed by atoms with Crippen LogP contribution in [-0.2, 0) is 11.3 Å². The van der Waals surface area contributed by atoms with E-state index in [2.05, 4.69) is 12.2 Å². The van der Waals surface area contributed by atoms with Gasteiger partial charge >= 0.3 is 0 Å². The van der Waals surface area contributed by atoms with Crippen molar-refractivity contribution in [2.24, 2.45) is 5.92 Å². The summed E-state index contributed by atoms with van der Waals surface area (Å²) in [6.45, 7) is 4.52. The van der Waals surface area contributed by atoms with Crippen molar-refractivity contribution in [1.29, 1.82) is 0 Å². The van der Waals surface area contributed by atoms with Gasteiger partial charge in [0.2, 0.25) is 0 Å². The molecular formula is C15H23NO2. The standard InChI is InChI=1S/C15H23NO2/c1-12(14-6-7-14)16-8-9-18-15-5-3-4-13(10-15)11-17-2/h3-5,10,12,14,16H,6-9,11H2,1-2H3. The van der Waals surface area contributed by atoms with Crippen LogP contribution in [-0.4, -0.2) is 26.3 Å². The molecule has 1 saturated carbocycles. The van der Waals surface area contributed by atoms with Gasteiger partial charge in [-0.1, -0.05) is 12.1 Å². The molecule has 3 nitrogen and oxygen atoms in total. The Hall–Kier alpha value is -1.06. The number of ether oxygens (including phenoxy) is 2. The number of methoxy groups -OCH3 is 1. The van der Waals surface area contributed by atoms with Crippen LogP contribution in [0.3, 0.4) is 0 Å². The van der Waals surface area contributed by atoms with Gasteiger partial charge in [0.1, 0.15) is 12.4 Å². The van der Waals surface area contributed by atoms with E-state index in [0.717, 1.165) is 23.8 Å². The van der Waals surface area contributed by atoms with Crippen LogP contribution in [0.1, 0.15) is 25.3 Å².